The zero-order valence-electron chi connectivity index (χ0n) is 10.4. The van der Waals surface area contributed by atoms with Crippen molar-refractivity contribution in [1.29, 1.82) is 0 Å². The average molecular weight is 252 g/mol. The summed E-state index contributed by atoms with van der Waals surface area (Å²) in [6, 6.07) is 8.62. The number of hydrogen-bond donors (Lipinski definition) is 2. The van der Waals surface area contributed by atoms with E-state index in [4.69, 9.17) is 5.73 Å². The molecule has 1 amide bonds. The molecule has 1 aromatic carbocycles. The van der Waals surface area contributed by atoms with Gasteiger partial charge >= 0.3 is 0 Å². The van der Waals surface area contributed by atoms with E-state index in [0.717, 1.165) is 17.9 Å². The summed E-state index contributed by atoms with van der Waals surface area (Å²) in [6.45, 7) is 5.34. The SMILES string of the molecule is CCCNC(C)c1ccc(SCC(N)=O)cc1. The van der Waals surface area contributed by atoms with Crippen LogP contribution in [-0.2, 0) is 4.79 Å². The monoisotopic (exact) mass is 252 g/mol. The van der Waals surface area contributed by atoms with Gasteiger partial charge in [0, 0.05) is 10.9 Å². The first kappa shape index (κ1) is 14.1. The predicted octanol–water partition coefficient (Wildman–Crippen LogP) is 2.32. The second-order valence-corrected chi connectivity index (χ2v) is 5.05. The van der Waals surface area contributed by atoms with E-state index >= 15 is 0 Å². The minimum atomic E-state index is -0.281. The van der Waals surface area contributed by atoms with E-state index in [1.54, 1.807) is 0 Å². The van der Waals surface area contributed by atoms with Crippen LogP contribution in [0.2, 0.25) is 0 Å². The summed E-state index contributed by atoms with van der Waals surface area (Å²) in [7, 11) is 0. The van der Waals surface area contributed by atoms with Gasteiger partial charge in [0.15, 0.2) is 0 Å². The number of rotatable bonds is 7. The van der Waals surface area contributed by atoms with Gasteiger partial charge < -0.3 is 11.1 Å². The number of thioether (sulfide) groups is 1. The fraction of sp³-hybridized carbons (Fsp3) is 0.462. The number of amides is 1. The summed E-state index contributed by atoms with van der Waals surface area (Å²) in [5.74, 6) is 0.0558. The van der Waals surface area contributed by atoms with E-state index in [0.29, 0.717) is 11.8 Å². The molecule has 0 spiro atoms. The molecule has 1 rings (SSSR count). The molecule has 1 atom stereocenters. The summed E-state index contributed by atoms with van der Waals surface area (Å²) < 4.78 is 0. The minimum absolute atomic E-state index is 0.281. The van der Waals surface area contributed by atoms with Crippen molar-refractivity contribution >= 4 is 17.7 Å². The largest absolute Gasteiger partial charge is 0.369 e. The van der Waals surface area contributed by atoms with Crippen LogP contribution in [-0.4, -0.2) is 18.2 Å². The highest BCUT2D eigenvalue weighted by molar-refractivity contribution is 8.00. The van der Waals surface area contributed by atoms with Gasteiger partial charge in [0.1, 0.15) is 0 Å². The molecule has 1 unspecified atom stereocenters. The molecule has 0 saturated heterocycles. The Morgan fingerprint density at radius 3 is 2.59 bits per heavy atom. The standard InChI is InChI=1S/C13H20N2OS/c1-3-8-15-10(2)11-4-6-12(7-5-11)17-9-13(14)16/h4-7,10,15H,3,8-9H2,1-2H3,(H2,14,16). The third-order valence-electron chi connectivity index (χ3n) is 2.46. The van der Waals surface area contributed by atoms with Crippen LogP contribution in [0.25, 0.3) is 0 Å². The van der Waals surface area contributed by atoms with Crippen LogP contribution in [0.15, 0.2) is 29.2 Å². The van der Waals surface area contributed by atoms with Crippen molar-refractivity contribution in [3.63, 3.8) is 0 Å². The summed E-state index contributed by atoms with van der Waals surface area (Å²) in [5, 5.41) is 3.44. The molecule has 0 aliphatic rings. The van der Waals surface area contributed by atoms with Gasteiger partial charge in [-0.1, -0.05) is 19.1 Å². The molecule has 4 heteroatoms. The van der Waals surface area contributed by atoms with E-state index in [1.807, 2.05) is 12.1 Å². The van der Waals surface area contributed by atoms with Gasteiger partial charge in [-0.3, -0.25) is 4.79 Å². The first-order valence-electron chi connectivity index (χ1n) is 5.88. The van der Waals surface area contributed by atoms with Crippen LogP contribution in [0, 0.1) is 0 Å². The number of nitrogens with two attached hydrogens (primary N) is 1. The smallest absolute Gasteiger partial charge is 0.227 e. The van der Waals surface area contributed by atoms with Crippen molar-refractivity contribution in [3.8, 4) is 0 Å². The van der Waals surface area contributed by atoms with Gasteiger partial charge in [0.25, 0.3) is 0 Å². The third-order valence-corrected chi connectivity index (χ3v) is 3.50. The molecular weight excluding hydrogens is 232 g/mol. The molecule has 0 saturated carbocycles. The Balaban J connectivity index is 2.51. The number of primary amides is 1. The van der Waals surface area contributed by atoms with Crippen LogP contribution in [0.3, 0.4) is 0 Å². The fourth-order valence-electron chi connectivity index (χ4n) is 1.49. The number of carbonyl (C=O) groups is 1. The van der Waals surface area contributed by atoms with Gasteiger partial charge in [0.05, 0.1) is 5.75 Å². The molecule has 0 aliphatic carbocycles. The fourth-order valence-corrected chi connectivity index (χ4v) is 2.12. The van der Waals surface area contributed by atoms with Gasteiger partial charge in [-0.25, -0.2) is 0 Å². The van der Waals surface area contributed by atoms with Gasteiger partial charge in [0.2, 0.25) is 5.91 Å². The first-order valence-corrected chi connectivity index (χ1v) is 6.86. The molecule has 1 aromatic rings. The number of carbonyl (C=O) groups excluding carboxylic acids is 1. The normalized spacial score (nSPS) is 12.4. The Kier molecular flexibility index (Phi) is 6.08. The molecule has 0 fully saturated rings. The van der Waals surface area contributed by atoms with E-state index in [1.165, 1.54) is 17.3 Å². The van der Waals surface area contributed by atoms with Crippen molar-refractivity contribution in [2.45, 2.75) is 31.2 Å². The minimum Gasteiger partial charge on any atom is -0.369 e. The van der Waals surface area contributed by atoms with Crippen molar-refractivity contribution in [3.05, 3.63) is 29.8 Å². The van der Waals surface area contributed by atoms with Crippen LogP contribution >= 0.6 is 11.8 Å². The number of benzene rings is 1. The maximum atomic E-state index is 10.7. The van der Waals surface area contributed by atoms with Crippen LogP contribution in [0.5, 0.6) is 0 Å². The van der Waals surface area contributed by atoms with Crippen molar-refractivity contribution in [2.24, 2.45) is 5.73 Å². The average Bonchev–Trinajstić information content (AvgIpc) is 2.34. The summed E-state index contributed by atoms with van der Waals surface area (Å²) in [4.78, 5) is 11.7. The predicted molar refractivity (Wildman–Crippen MR) is 73.1 cm³/mol. The molecule has 0 radical (unpaired) electrons. The van der Waals surface area contributed by atoms with Crippen LogP contribution < -0.4 is 11.1 Å². The molecule has 0 bridgehead atoms. The Labute approximate surface area is 107 Å². The Hall–Kier alpha value is -1.00. The molecular formula is C13H20N2OS. The molecule has 3 nitrogen and oxygen atoms in total. The molecule has 94 valence electrons. The Morgan fingerprint density at radius 2 is 2.06 bits per heavy atom. The van der Waals surface area contributed by atoms with E-state index in [2.05, 4.69) is 31.3 Å². The summed E-state index contributed by atoms with van der Waals surface area (Å²) in [6.07, 6.45) is 1.14. The highest BCUT2D eigenvalue weighted by Crippen LogP contribution is 2.20. The lowest BCUT2D eigenvalue weighted by Gasteiger charge is -2.13. The topological polar surface area (TPSA) is 55.1 Å². The Bertz CT molecular complexity index is 351. The molecule has 17 heavy (non-hydrogen) atoms. The number of hydrogen-bond acceptors (Lipinski definition) is 3. The van der Waals surface area contributed by atoms with Crippen LogP contribution in [0.4, 0.5) is 0 Å². The lowest BCUT2D eigenvalue weighted by molar-refractivity contribution is -0.115. The molecule has 3 N–H and O–H groups in total. The quantitative estimate of drug-likeness (QED) is 0.732. The third kappa shape index (κ3) is 5.24. The maximum Gasteiger partial charge on any atom is 0.227 e. The zero-order valence-corrected chi connectivity index (χ0v) is 11.2. The highest BCUT2D eigenvalue weighted by Gasteiger charge is 2.04. The van der Waals surface area contributed by atoms with Gasteiger partial charge in [-0.2, -0.15) is 0 Å². The van der Waals surface area contributed by atoms with Crippen molar-refractivity contribution < 1.29 is 4.79 Å². The lowest BCUT2D eigenvalue weighted by atomic mass is 10.1. The molecule has 0 aromatic heterocycles. The lowest BCUT2D eigenvalue weighted by Crippen LogP contribution is -2.19. The van der Waals surface area contributed by atoms with Crippen molar-refractivity contribution in [2.75, 3.05) is 12.3 Å². The zero-order chi connectivity index (χ0) is 12.7. The van der Waals surface area contributed by atoms with E-state index < -0.39 is 0 Å². The molecule has 0 heterocycles. The Morgan fingerprint density at radius 1 is 1.41 bits per heavy atom. The van der Waals surface area contributed by atoms with Gasteiger partial charge in [-0.15, -0.1) is 11.8 Å². The second kappa shape index (κ2) is 7.35. The highest BCUT2D eigenvalue weighted by atomic mass is 32.2. The van der Waals surface area contributed by atoms with E-state index in [-0.39, 0.29) is 5.91 Å². The van der Waals surface area contributed by atoms with E-state index in [9.17, 15) is 4.79 Å². The first-order chi connectivity index (χ1) is 8.13. The van der Waals surface area contributed by atoms with Crippen molar-refractivity contribution in [1.82, 2.24) is 5.32 Å². The van der Waals surface area contributed by atoms with Crippen LogP contribution in [0.1, 0.15) is 31.9 Å². The summed E-state index contributed by atoms with van der Waals surface area (Å²) >= 11 is 1.47. The molecule has 0 aliphatic heterocycles. The van der Waals surface area contributed by atoms with Gasteiger partial charge in [-0.05, 0) is 37.6 Å². The summed E-state index contributed by atoms with van der Waals surface area (Å²) in [5.41, 5.74) is 6.37. The number of nitrogens with one attached hydrogen (secondary N) is 1. The second-order valence-electron chi connectivity index (χ2n) is 4.00. The maximum absolute atomic E-state index is 10.7.